The summed E-state index contributed by atoms with van der Waals surface area (Å²) in [6.45, 7) is 3.13. The molecule has 0 aliphatic heterocycles. The molecular weight excluding hydrogens is 514 g/mol. The Balaban J connectivity index is 1.60. The third kappa shape index (κ3) is 7.13. The molecule has 2 N–H and O–H groups in total. The normalized spacial score (nSPS) is 10.3. The summed E-state index contributed by atoms with van der Waals surface area (Å²) in [7, 11) is 1.76. The molecule has 0 aliphatic rings. The van der Waals surface area contributed by atoms with Gasteiger partial charge in [0.2, 0.25) is 0 Å². The van der Waals surface area contributed by atoms with Crippen LogP contribution in [-0.2, 0) is 6.54 Å². The minimum atomic E-state index is -0.352. The quantitative estimate of drug-likeness (QED) is 0.362. The highest BCUT2D eigenvalue weighted by Gasteiger charge is 2.14. The summed E-state index contributed by atoms with van der Waals surface area (Å²) in [6.07, 6.45) is 0.894. The first-order chi connectivity index (χ1) is 16.4. The second kappa shape index (κ2) is 12.3. The van der Waals surface area contributed by atoms with Crippen LogP contribution in [0.3, 0.4) is 0 Å². The van der Waals surface area contributed by atoms with Crippen molar-refractivity contribution >= 4 is 50.8 Å². The molecule has 0 bridgehead atoms. The van der Waals surface area contributed by atoms with Crippen molar-refractivity contribution in [2.24, 2.45) is 0 Å². The number of carbonyl (C=O) groups excluding carboxylic acids is 2. The first-order valence-electron chi connectivity index (χ1n) is 10.8. The fraction of sp³-hybridized carbons (Fsp3) is 0.192. The molecule has 0 aliphatic carbocycles. The molecule has 0 fully saturated rings. The largest absolute Gasteiger partial charge is 0.492 e. The lowest BCUT2D eigenvalue weighted by molar-refractivity contribution is 0.0785. The van der Waals surface area contributed by atoms with Gasteiger partial charge in [0.25, 0.3) is 11.8 Å². The maximum Gasteiger partial charge on any atom is 0.257 e. The van der Waals surface area contributed by atoms with Crippen molar-refractivity contribution in [3.8, 4) is 5.75 Å². The zero-order valence-corrected chi connectivity index (χ0v) is 21.4. The van der Waals surface area contributed by atoms with Gasteiger partial charge < -0.3 is 15.0 Å². The van der Waals surface area contributed by atoms with E-state index in [1.165, 1.54) is 0 Å². The van der Waals surface area contributed by atoms with Crippen LogP contribution in [0.25, 0.3) is 0 Å². The minimum absolute atomic E-state index is 0.113. The van der Waals surface area contributed by atoms with E-state index in [2.05, 4.69) is 26.6 Å². The molecule has 3 aromatic carbocycles. The van der Waals surface area contributed by atoms with Crippen molar-refractivity contribution in [3.05, 3.63) is 94.0 Å². The number of hydrogen-bond donors (Lipinski definition) is 2. The third-order valence-corrected chi connectivity index (χ3v) is 5.68. The number of halogens is 1. The summed E-state index contributed by atoms with van der Waals surface area (Å²) in [5, 5.41) is 5.77. The van der Waals surface area contributed by atoms with Gasteiger partial charge in [-0.15, -0.1) is 0 Å². The van der Waals surface area contributed by atoms with E-state index in [0.29, 0.717) is 40.2 Å². The molecule has 6 nitrogen and oxygen atoms in total. The highest BCUT2D eigenvalue weighted by atomic mass is 79.9. The van der Waals surface area contributed by atoms with Crippen molar-refractivity contribution < 1.29 is 14.3 Å². The summed E-state index contributed by atoms with van der Waals surface area (Å²) in [6, 6.07) is 21.9. The van der Waals surface area contributed by atoms with Crippen LogP contribution in [0.5, 0.6) is 5.75 Å². The van der Waals surface area contributed by atoms with E-state index < -0.39 is 0 Å². The lowest BCUT2D eigenvalue weighted by Gasteiger charge is -2.18. The van der Waals surface area contributed by atoms with Gasteiger partial charge in [0.15, 0.2) is 5.11 Å². The van der Waals surface area contributed by atoms with E-state index in [1.54, 1.807) is 54.4 Å². The first-order valence-corrected chi connectivity index (χ1v) is 12.0. The smallest absolute Gasteiger partial charge is 0.257 e. The Morgan fingerprint density at radius 1 is 1.00 bits per heavy atom. The third-order valence-electron chi connectivity index (χ3n) is 4.86. The highest BCUT2D eigenvalue weighted by molar-refractivity contribution is 9.10. The molecule has 0 saturated carbocycles. The molecule has 3 rings (SSSR count). The molecule has 34 heavy (non-hydrogen) atoms. The number of carbonyl (C=O) groups is 2. The Morgan fingerprint density at radius 2 is 1.76 bits per heavy atom. The van der Waals surface area contributed by atoms with Crippen molar-refractivity contribution in [2.75, 3.05) is 19.0 Å². The average Bonchev–Trinajstić information content (AvgIpc) is 2.83. The van der Waals surface area contributed by atoms with Crippen LogP contribution in [-0.4, -0.2) is 35.5 Å². The number of hydrogen-bond acceptors (Lipinski definition) is 4. The van der Waals surface area contributed by atoms with Gasteiger partial charge in [-0.05, 0) is 76.5 Å². The van der Waals surface area contributed by atoms with Gasteiger partial charge >= 0.3 is 0 Å². The van der Waals surface area contributed by atoms with E-state index in [1.807, 2.05) is 37.3 Å². The number of benzene rings is 3. The molecule has 2 amide bonds. The fourth-order valence-electron chi connectivity index (χ4n) is 3.19. The Hall–Kier alpha value is -3.23. The van der Waals surface area contributed by atoms with Gasteiger partial charge in [-0.2, -0.15) is 0 Å². The topological polar surface area (TPSA) is 70.7 Å². The summed E-state index contributed by atoms with van der Waals surface area (Å²) in [5.41, 5.74) is 2.61. The molecule has 3 aromatic rings. The lowest BCUT2D eigenvalue weighted by atomic mass is 10.1. The number of anilines is 1. The van der Waals surface area contributed by atoms with Crippen LogP contribution in [0.1, 0.15) is 39.6 Å². The predicted molar refractivity (Wildman–Crippen MR) is 142 cm³/mol. The molecule has 8 heteroatoms. The molecule has 176 valence electrons. The molecule has 0 heterocycles. The van der Waals surface area contributed by atoms with E-state index in [0.717, 1.165) is 12.0 Å². The monoisotopic (exact) mass is 539 g/mol. The molecule has 0 aromatic heterocycles. The van der Waals surface area contributed by atoms with E-state index >= 15 is 0 Å². The molecule has 0 unspecified atom stereocenters. The fourth-order valence-corrected chi connectivity index (χ4v) is 3.89. The van der Waals surface area contributed by atoms with Crippen LogP contribution < -0.4 is 15.4 Å². The van der Waals surface area contributed by atoms with Crippen LogP contribution >= 0.6 is 28.1 Å². The van der Waals surface area contributed by atoms with Crippen molar-refractivity contribution in [3.63, 3.8) is 0 Å². The number of thiocarbonyl (C=S) groups is 1. The highest BCUT2D eigenvalue weighted by Crippen LogP contribution is 2.26. The number of nitrogens with zero attached hydrogens (tertiary/aromatic N) is 1. The Kier molecular flexibility index (Phi) is 9.18. The second-order valence-corrected chi connectivity index (χ2v) is 8.89. The molecular formula is C26H26BrN3O3S. The number of rotatable bonds is 8. The zero-order valence-electron chi connectivity index (χ0n) is 19.0. The van der Waals surface area contributed by atoms with Gasteiger partial charge in [-0.1, -0.05) is 43.3 Å². The van der Waals surface area contributed by atoms with Gasteiger partial charge in [-0.3, -0.25) is 14.9 Å². The molecule has 0 saturated heterocycles. The zero-order chi connectivity index (χ0) is 24.5. The molecule has 0 radical (unpaired) electrons. The predicted octanol–water partition coefficient (Wildman–Crippen LogP) is 5.64. The van der Waals surface area contributed by atoms with Crippen LogP contribution in [0.15, 0.2) is 77.3 Å². The molecule has 0 atom stereocenters. The van der Waals surface area contributed by atoms with Crippen molar-refractivity contribution in [1.29, 1.82) is 0 Å². The second-order valence-electron chi connectivity index (χ2n) is 7.63. The maximum absolute atomic E-state index is 12.9. The standard InChI is InChI=1S/C26H26BrN3O3S/c1-3-14-33-23-13-12-19(16-22(23)27)24(31)29-26(34)28-21-11-7-10-20(15-21)25(32)30(2)17-18-8-5-4-6-9-18/h4-13,15-16H,3,14,17H2,1-2H3,(H2,28,29,31,34). The lowest BCUT2D eigenvalue weighted by Crippen LogP contribution is -2.34. The average molecular weight is 540 g/mol. The Labute approximate surface area is 213 Å². The van der Waals surface area contributed by atoms with Crippen molar-refractivity contribution in [2.45, 2.75) is 19.9 Å². The van der Waals surface area contributed by atoms with Gasteiger partial charge in [0.05, 0.1) is 11.1 Å². The van der Waals surface area contributed by atoms with Crippen LogP contribution in [0.2, 0.25) is 0 Å². The number of ether oxygens (including phenoxy) is 1. The van der Waals surface area contributed by atoms with Crippen LogP contribution in [0, 0.1) is 0 Å². The summed E-state index contributed by atoms with van der Waals surface area (Å²) in [5.74, 6) is 0.213. The SMILES string of the molecule is CCCOc1ccc(C(=O)NC(=S)Nc2cccc(C(=O)N(C)Cc3ccccc3)c2)cc1Br. The maximum atomic E-state index is 12.9. The summed E-state index contributed by atoms with van der Waals surface area (Å²) < 4.78 is 6.31. The summed E-state index contributed by atoms with van der Waals surface area (Å²) in [4.78, 5) is 27.1. The Bertz CT molecular complexity index is 1170. The van der Waals surface area contributed by atoms with Crippen LogP contribution in [0.4, 0.5) is 5.69 Å². The van der Waals surface area contributed by atoms with Crippen molar-refractivity contribution in [1.82, 2.24) is 10.2 Å². The van der Waals surface area contributed by atoms with Gasteiger partial charge in [0.1, 0.15) is 5.75 Å². The molecule has 0 spiro atoms. The number of nitrogens with one attached hydrogen (secondary N) is 2. The summed E-state index contributed by atoms with van der Waals surface area (Å²) >= 11 is 8.73. The van der Waals surface area contributed by atoms with E-state index in [-0.39, 0.29) is 16.9 Å². The van der Waals surface area contributed by atoms with E-state index in [9.17, 15) is 9.59 Å². The Morgan fingerprint density at radius 3 is 2.47 bits per heavy atom. The van der Waals surface area contributed by atoms with Gasteiger partial charge in [-0.25, -0.2) is 0 Å². The minimum Gasteiger partial charge on any atom is -0.492 e. The van der Waals surface area contributed by atoms with Gasteiger partial charge in [0, 0.05) is 30.4 Å². The number of amides is 2. The van der Waals surface area contributed by atoms with E-state index in [4.69, 9.17) is 17.0 Å². The first kappa shape index (κ1) is 25.4.